The van der Waals surface area contributed by atoms with Gasteiger partial charge in [-0.3, -0.25) is 9.59 Å². The number of hydrogen-bond donors (Lipinski definition) is 0. The van der Waals surface area contributed by atoms with E-state index in [4.69, 9.17) is 21.1 Å². The van der Waals surface area contributed by atoms with Gasteiger partial charge in [0.1, 0.15) is 5.75 Å². The maximum absolute atomic E-state index is 13.0. The fourth-order valence-corrected chi connectivity index (χ4v) is 6.30. The van der Waals surface area contributed by atoms with E-state index in [2.05, 4.69) is 0 Å². The van der Waals surface area contributed by atoms with E-state index in [0.717, 1.165) is 23.7 Å². The molecular weight excluding hydrogens is 562 g/mol. The van der Waals surface area contributed by atoms with Gasteiger partial charge in [-0.1, -0.05) is 48.0 Å². The molecule has 3 aromatic rings. The third kappa shape index (κ3) is 6.72. The predicted molar refractivity (Wildman–Crippen MR) is 161 cm³/mol. The Morgan fingerprint density at radius 3 is 2.34 bits per heavy atom. The molecule has 0 atom stereocenters. The van der Waals surface area contributed by atoms with Crippen LogP contribution in [0.25, 0.3) is 16.7 Å². The van der Waals surface area contributed by atoms with Crippen molar-refractivity contribution in [2.45, 2.75) is 36.7 Å². The second-order valence-corrected chi connectivity index (χ2v) is 12.7. The second-order valence-electron chi connectivity index (χ2n) is 10.3. The van der Waals surface area contributed by atoms with Crippen LogP contribution in [0.1, 0.15) is 30.9 Å². The Bertz CT molecular complexity index is 1590. The van der Waals surface area contributed by atoms with Crippen LogP contribution in [0, 0.1) is 0 Å². The first kappa shape index (κ1) is 30.5. The summed E-state index contributed by atoms with van der Waals surface area (Å²) in [6.07, 6.45) is 3.34. The molecule has 0 aromatic heterocycles. The molecule has 7 nitrogen and oxygen atoms in total. The number of carbonyl (C=O) groups is 2. The van der Waals surface area contributed by atoms with Gasteiger partial charge in [-0.2, -0.15) is 0 Å². The molecule has 1 saturated heterocycles. The maximum atomic E-state index is 13.0. The number of amides is 1. The van der Waals surface area contributed by atoms with E-state index in [0.29, 0.717) is 59.0 Å². The Morgan fingerprint density at radius 2 is 1.73 bits per heavy atom. The molecule has 216 valence electrons. The molecule has 9 heteroatoms. The van der Waals surface area contributed by atoms with Gasteiger partial charge in [-0.05, 0) is 72.4 Å². The molecule has 1 amide bonds. The number of hydrogen-bond acceptors (Lipinski definition) is 6. The zero-order valence-corrected chi connectivity index (χ0v) is 25.2. The number of rotatable bonds is 9. The summed E-state index contributed by atoms with van der Waals surface area (Å²) in [5.41, 5.74) is 3.39. The lowest BCUT2D eigenvalue weighted by atomic mass is 9.80. The smallest absolute Gasteiger partial charge is 0.226 e. The summed E-state index contributed by atoms with van der Waals surface area (Å²) < 4.78 is 35.3. The molecule has 1 aliphatic heterocycles. The SMILES string of the molecule is COc1cccc(CC(=O)N2CCC(OC)(/C(C)=C(\C=O)c3ccc(-c4cccc(S(C)(=O)=O)c4)c(Cl)c3)CC2)c1. The summed E-state index contributed by atoms with van der Waals surface area (Å²) in [5, 5.41) is 0.393. The Balaban J connectivity index is 1.55. The molecule has 0 spiro atoms. The van der Waals surface area contributed by atoms with E-state index in [1.54, 1.807) is 56.7 Å². The zero-order chi connectivity index (χ0) is 29.8. The Labute approximate surface area is 246 Å². The average molecular weight is 596 g/mol. The van der Waals surface area contributed by atoms with Gasteiger partial charge in [0.25, 0.3) is 0 Å². The number of piperidine rings is 1. The van der Waals surface area contributed by atoms with Crippen molar-refractivity contribution >= 4 is 39.2 Å². The Hall–Kier alpha value is -3.46. The first-order valence-electron chi connectivity index (χ1n) is 13.2. The van der Waals surface area contributed by atoms with E-state index >= 15 is 0 Å². The van der Waals surface area contributed by atoms with Crippen molar-refractivity contribution in [2.24, 2.45) is 0 Å². The number of halogens is 1. The zero-order valence-electron chi connectivity index (χ0n) is 23.6. The van der Waals surface area contributed by atoms with E-state index in [-0.39, 0.29) is 17.2 Å². The fourth-order valence-electron chi connectivity index (χ4n) is 5.35. The number of benzene rings is 3. The summed E-state index contributed by atoms with van der Waals surface area (Å²) in [6.45, 7) is 2.88. The first-order chi connectivity index (χ1) is 19.5. The van der Waals surface area contributed by atoms with Gasteiger partial charge in [0, 0.05) is 42.6 Å². The van der Waals surface area contributed by atoms with E-state index in [9.17, 15) is 18.0 Å². The van der Waals surface area contributed by atoms with Gasteiger partial charge in [0.15, 0.2) is 16.1 Å². The summed E-state index contributed by atoms with van der Waals surface area (Å²) >= 11 is 6.66. The van der Waals surface area contributed by atoms with E-state index in [1.165, 1.54) is 0 Å². The highest BCUT2D eigenvalue weighted by atomic mass is 35.5. The number of aldehydes is 1. The van der Waals surface area contributed by atoms with Crippen LogP contribution < -0.4 is 4.74 Å². The lowest BCUT2D eigenvalue weighted by molar-refractivity contribution is -0.134. The number of nitrogens with zero attached hydrogens (tertiary/aromatic N) is 1. The van der Waals surface area contributed by atoms with Gasteiger partial charge in [0.05, 0.1) is 24.0 Å². The fraction of sp³-hybridized carbons (Fsp3) is 0.312. The van der Waals surface area contributed by atoms with Gasteiger partial charge < -0.3 is 14.4 Å². The molecule has 0 N–H and O–H groups in total. The standard InChI is InChI=1S/C32H34ClNO6S/c1-22(32(40-3)13-15-34(16-14-32)31(36)18-23-7-5-9-26(17-23)39-2)29(21-35)25-11-12-28(30(33)20-25)24-8-6-10-27(19-24)41(4,37)38/h5-12,17,19-21H,13-16,18H2,1-4H3/b29-22+. The topological polar surface area (TPSA) is 90.0 Å². The summed E-state index contributed by atoms with van der Waals surface area (Å²) in [7, 11) is -0.146. The highest BCUT2D eigenvalue weighted by Gasteiger charge is 2.39. The van der Waals surface area contributed by atoms with Crippen LogP contribution in [0.3, 0.4) is 0 Å². The van der Waals surface area contributed by atoms with Crippen LogP contribution in [0.5, 0.6) is 5.75 Å². The molecule has 0 saturated carbocycles. The molecule has 3 aromatic carbocycles. The van der Waals surface area contributed by atoms with Crippen molar-refractivity contribution in [2.75, 3.05) is 33.6 Å². The second kappa shape index (κ2) is 12.6. The Morgan fingerprint density at radius 1 is 1.02 bits per heavy atom. The normalized spacial score (nSPS) is 15.7. The minimum absolute atomic E-state index is 0.0301. The molecule has 1 heterocycles. The minimum Gasteiger partial charge on any atom is -0.497 e. The van der Waals surface area contributed by atoms with Crippen molar-refractivity contribution in [1.82, 2.24) is 4.90 Å². The third-order valence-electron chi connectivity index (χ3n) is 7.86. The number of carbonyl (C=O) groups excluding carboxylic acids is 2. The van der Waals surface area contributed by atoms with Gasteiger partial charge in [-0.25, -0.2) is 8.42 Å². The van der Waals surface area contributed by atoms with Crippen molar-refractivity contribution < 1.29 is 27.5 Å². The molecule has 0 aliphatic carbocycles. The molecule has 1 aliphatic rings. The minimum atomic E-state index is -3.37. The van der Waals surface area contributed by atoms with Crippen LogP contribution in [0.15, 0.2) is 77.2 Å². The largest absolute Gasteiger partial charge is 0.497 e. The monoisotopic (exact) mass is 595 g/mol. The van der Waals surface area contributed by atoms with Crippen molar-refractivity contribution in [3.63, 3.8) is 0 Å². The molecule has 4 rings (SSSR count). The lowest BCUT2D eigenvalue weighted by Crippen LogP contribution is -2.49. The highest BCUT2D eigenvalue weighted by Crippen LogP contribution is 2.38. The van der Waals surface area contributed by atoms with Crippen LogP contribution in [0.4, 0.5) is 0 Å². The molecule has 0 unspecified atom stereocenters. The average Bonchev–Trinajstić information content (AvgIpc) is 2.97. The third-order valence-corrected chi connectivity index (χ3v) is 9.29. The van der Waals surface area contributed by atoms with E-state index in [1.807, 2.05) is 36.1 Å². The van der Waals surface area contributed by atoms with Crippen LogP contribution in [-0.4, -0.2) is 64.7 Å². The number of allylic oxidation sites excluding steroid dienone is 1. The van der Waals surface area contributed by atoms with Crippen LogP contribution >= 0.6 is 11.6 Å². The summed E-state index contributed by atoms with van der Waals surface area (Å²) in [5.74, 6) is 0.743. The van der Waals surface area contributed by atoms with Crippen LogP contribution in [-0.2, 0) is 30.6 Å². The molecule has 0 bridgehead atoms. The quantitative estimate of drug-likeness (QED) is 0.235. The summed E-state index contributed by atoms with van der Waals surface area (Å²) in [4.78, 5) is 27.5. The lowest BCUT2D eigenvalue weighted by Gasteiger charge is -2.42. The predicted octanol–water partition coefficient (Wildman–Crippen LogP) is 5.64. The molecule has 1 fully saturated rings. The number of sulfone groups is 1. The molecule has 41 heavy (non-hydrogen) atoms. The molecule has 0 radical (unpaired) electrons. The molecular formula is C32H34ClNO6S. The van der Waals surface area contributed by atoms with Crippen LogP contribution in [0.2, 0.25) is 5.02 Å². The number of methoxy groups -OCH3 is 2. The van der Waals surface area contributed by atoms with Gasteiger partial charge in [0.2, 0.25) is 5.91 Å². The first-order valence-corrected chi connectivity index (χ1v) is 15.5. The van der Waals surface area contributed by atoms with E-state index < -0.39 is 15.4 Å². The van der Waals surface area contributed by atoms with Crippen molar-refractivity contribution in [1.29, 1.82) is 0 Å². The maximum Gasteiger partial charge on any atom is 0.226 e. The highest BCUT2D eigenvalue weighted by molar-refractivity contribution is 7.90. The van der Waals surface area contributed by atoms with Crippen molar-refractivity contribution in [3.8, 4) is 16.9 Å². The number of likely N-dealkylation sites (tertiary alicyclic amines) is 1. The van der Waals surface area contributed by atoms with Gasteiger partial charge in [-0.15, -0.1) is 0 Å². The Kier molecular flexibility index (Phi) is 9.37. The summed E-state index contributed by atoms with van der Waals surface area (Å²) in [6, 6.07) is 19.4. The van der Waals surface area contributed by atoms with Crippen molar-refractivity contribution in [3.05, 3.63) is 88.5 Å². The number of ether oxygens (including phenoxy) is 2. The van der Waals surface area contributed by atoms with Gasteiger partial charge >= 0.3 is 0 Å².